The van der Waals surface area contributed by atoms with Gasteiger partial charge in [-0.2, -0.15) is 0 Å². The first-order chi connectivity index (χ1) is 39.5. The molecular formula is C74H145NO5. The average Bonchev–Trinajstić information content (AvgIpc) is 3.46. The molecule has 6 heteroatoms. The fraction of sp³-hybridized carbons (Fsp3) is 0.946. The van der Waals surface area contributed by atoms with E-state index in [2.05, 4.69) is 19.2 Å². The molecule has 0 aromatic rings. The van der Waals surface area contributed by atoms with Gasteiger partial charge in [0, 0.05) is 12.8 Å². The topological polar surface area (TPSA) is 95.9 Å². The molecule has 2 unspecified atom stereocenters. The number of allylic oxidation sites excluding steroid dienone is 1. The summed E-state index contributed by atoms with van der Waals surface area (Å²) < 4.78 is 5.51. The van der Waals surface area contributed by atoms with Gasteiger partial charge in [0.05, 0.1) is 25.4 Å². The fourth-order valence-electron chi connectivity index (χ4n) is 11.9. The molecule has 0 spiro atoms. The van der Waals surface area contributed by atoms with Gasteiger partial charge in [0.25, 0.3) is 0 Å². The summed E-state index contributed by atoms with van der Waals surface area (Å²) in [6, 6.07) is -0.622. The van der Waals surface area contributed by atoms with Crippen molar-refractivity contribution in [1.82, 2.24) is 5.32 Å². The van der Waals surface area contributed by atoms with Gasteiger partial charge in [0.15, 0.2) is 0 Å². The number of ether oxygens (including phenoxy) is 1. The van der Waals surface area contributed by atoms with Gasteiger partial charge >= 0.3 is 5.97 Å². The first-order valence-corrected chi connectivity index (χ1v) is 37.0. The van der Waals surface area contributed by atoms with Crippen molar-refractivity contribution >= 4 is 11.9 Å². The highest BCUT2D eigenvalue weighted by molar-refractivity contribution is 5.76. The molecule has 80 heavy (non-hydrogen) atoms. The molecule has 3 N–H and O–H groups in total. The minimum absolute atomic E-state index is 0.0262. The number of aliphatic hydroxyl groups is 2. The van der Waals surface area contributed by atoms with Crippen molar-refractivity contribution in [3.05, 3.63) is 12.2 Å². The van der Waals surface area contributed by atoms with Crippen molar-refractivity contribution in [2.45, 2.75) is 437 Å². The van der Waals surface area contributed by atoms with Gasteiger partial charge in [-0.05, 0) is 32.1 Å². The predicted octanol–water partition coefficient (Wildman–Crippen LogP) is 23.9. The van der Waals surface area contributed by atoms with E-state index in [0.29, 0.717) is 19.4 Å². The summed E-state index contributed by atoms with van der Waals surface area (Å²) >= 11 is 0. The van der Waals surface area contributed by atoms with E-state index in [4.69, 9.17) is 4.74 Å². The van der Waals surface area contributed by atoms with Crippen LogP contribution >= 0.6 is 0 Å². The number of hydrogen-bond acceptors (Lipinski definition) is 5. The number of hydrogen-bond donors (Lipinski definition) is 3. The molecule has 1 amide bonds. The van der Waals surface area contributed by atoms with Gasteiger partial charge in [-0.3, -0.25) is 9.59 Å². The molecular weight excluding hydrogens is 983 g/mol. The van der Waals surface area contributed by atoms with Crippen LogP contribution in [0, 0.1) is 0 Å². The molecule has 0 heterocycles. The molecule has 6 nitrogen and oxygen atoms in total. The molecule has 0 saturated carbocycles. The molecule has 2 atom stereocenters. The number of rotatable bonds is 70. The van der Waals surface area contributed by atoms with E-state index in [9.17, 15) is 19.8 Å². The molecule has 0 rings (SSSR count). The van der Waals surface area contributed by atoms with Crippen molar-refractivity contribution in [3.8, 4) is 0 Å². The summed E-state index contributed by atoms with van der Waals surface area (Å²) in [4.78, 5) is 24.6. The van der Waals surface area contributed by atoms with E-state index in [0.717, 1.165) is 38.5 Å². The maximum atomic E-state index is 12.5. The van der Waals surface area contributed by atoms with Crippen LogP contribution in [0.25, 0.3) is 0 Å². The van der Waals surface area contributed by atoms with Gasteiger partial charge in [-0.15, -0.1) is 0 Å². The Morgan fingerprint density at radius 2 is 0.575 bits per heavy atom. The predicted molar refractivity (Wildman–Crippen MR) is 352 cm³/mol. The summed E-state index contributed by atoms with van der Waals surface area (Å²) in [6.07, 6.45) is 87.5. The summed E-state index contributed by atoms with van der Waals surface area (Å²) in [5.74, 6) is -0.0343. The lowest BCUT2D eigenvalue weighted by Crippen LogP contribution is -2.45. The lowest BCUT2D eigenvalue weighted by Gasteiger charge is -2.20. The molecule has 0 bridgehead atoms. The number of unbranched alkanes of at least 4 members (excludes halogenated alkanes) is 59. The van der Waals surface area contributed by atoms with E-state index >= 15 is 0 Å². The number of aliphatic hydroxyl groups excluding tert-OH is 2. The average molecular weight is 1130 g/mol. The molecule has 0 saturated heterocycles. The number of carbonyl (C=O) groups excluding carboxylic acids is 2. The van der Waals surface area contributed by atoms with E-state index < -0.39 is 12.1 Å². The minimum atomic E-state index is -0.839. The van der Waals surface area contributed by atoms with Crippen molar-refractivity contribution in [3.63, 3.8) is 0 Å². The van der Waals surface area contributed by atoms with Crippen molar-refractivity contribution in [1.29, 1.82) is 0 Å². The van der Waals surface area contributed by atoms with Crippen LogP contribution in [0.3, 0.4) is 0 Å². The summed E-state index contributed by atoms with van der Waals surface area (Å²) in [6.45, 7) is 4.94. The molecule has 476 valence electrons. The van der Waals surface area contributed by atoms with Crippen LogP contribution < -0.4 is 5.32 Å². The van der Waals surface area contributed by atoms with Crippen LogP contribution in [-0.2, 0) is 14.3 Å². The van der Waals surface area contributed by atoms with Crippen molar-refractivity contribution in [2.75, 3.05) is 13.2 Å². The van der Waals surface area contributed by atoms with Gasteiger partial charge < -0.3 is 20.3 Å². The van der Waals surface area contributed by atoms with Crippen molar-refractivity contribution in [2.24, 2.45) is 0 Å². The second-order valence-electron chi connectivity index (χ2n) is 25.6. The second kappa shape index (κ2) is 70.1. The largest absolute Gasteiger partial charge is 0.466 e. The van der Waals surface area contributed by atoms with Gasteiger partial charge in [0.2, 0.25) is 5.91 Å². The highest BCUT2D eigenvalue weighted by Crippen LogP contribution is 2.20. The first kappa shape index (κ1) is 78.6. The van der Waals surface area contributed by atoms with Crippen LogP contribution in [-0.4, -0.2) is 47.4 Å². The van der Waals surface area contributed by atoms with Crippen LogP contribution in [0.15, 0.2) is 12.2 Å². The maximum absolute atomic E-state index is 12.5. The third-order valence-electron chi connectivity index (χ3n) is 17.6. The highest BCUT2D eigenvalue weighted by Gasteiger charge is 2.18. The van der Waals surface area contributed by atoms with E-state index in [1.54, 1.807) is 6.08 Å². The fourth-order valence-corrected chi connectivity index (χ4v) is 11.9. The standard InChI is InChI=1S/C74H145NO5/c1-3-5-7-9-11-13-15-17-39-44-48-52-56-60-64-68-74(79)80-69-65-61-57-53-49-45-41-38-36-34-32-30-28-26-24-22-20-18-19-21-23-25-27-29-31-33-35-37-40-43-47-51-55-59-63-67-73(78)75-71(70-76)72(77)66-62-58-54-50-46-42-16-14-12-10-8-6-4-2/h62,66,71-72,76-77H,3-61,63-65,67-70H2,1-2H3,(H,75,78)/b66-62+. The van der Waals surface area contributed by atoms with Crippen molar-refractivity contribution < 1.29 is 24.5 Å². The van der Waals surface area contributed by atoms with E-state index in [1.165, 1.54) is 360 Å². The van der Waals surface area contributed by atoms with Gasteiger partial charge in [-0.25, -0.2) is 0 Å². The molecule has 0 aromatic carbocycles. The molecule has 0 aliphatic carbocycles. The zero-order chi connectivity index (χ0) is 57.8. The second-order valence-corrected chi connectivity index (χ2v) is 25.6. The molecule has 0 aliphatic heterocycles. The third kappa shape index (κ3) is 65.7. The molecule has 0 radical (unpaired) electrons. The quantitative estimate of drug-likeness (QED) is 0.0320. The third-order valence-corrected chi connectivity index (χ3v) is 17.6. The summed E-state index contributed by atoms with van der Waals surface area (Å²) in [7, 11) is 0. The Bertz CT molecular complexity index is 1210. The van der Waals surface area contributed by atoms with E-state index in [1.807, 2.05) is 6.08 Å². The SMILES string of the molecule is CCCCCCCCCCCCC/C=C/C(O)C(CO)NC(=O)CCCCCCCCCCCCCCCCCCCCCCCCCCCCCCCCCCCCCOC(=O)CCCCCCCCCCCCCCCCC. The monoisotopic (exact) mass is 1130 g/mol. The Balaban J connectivity index is 3.29. The smallest absolute Gasteiger partial charge is 0.305 e. The zero-order valence-corrected chi connectivity index (χ0v) is 54.6. The lowest BCUT2D eigenvalue weighted by atomic mass is 10.0. The Labute approximate surface area is 501 Å². The van der Waals surface area contributed by atoms with Crippen LogP contribution in [0.1, 0.15) is 425 Å². The number of nitrogens with one attached hydrogen (secondary N) is 1. The van der Waals surface area contributed by atoms with Crippen LogP contribution in [0.2, 0.25) is 0 Å². The Morgan fingerprint density at radius 1 is 0.338 bits per heavy atom. The van der Waals surface area contributed by atoms with E-state index in [-0.39, 0.29) is 18.5 Å². The first-order valence-electron chi connectivity index (χ1n) is 37.0. The number of carbonyl (C=O) groups is 2. The maximum Gasteiger partial charge on any atom is 0.305 e. The lowest BCUT2D eigenvalue weighted by molar-refractivity contribution is -0.143. The molecule has 0 aliphatic rings. The summed E-state index contributed by atoms with van der Waals surface area (Å²) in [5.41, 5.74) is 0. The highest BCUT2D eigenvalue weighted by atomic mass is 16.5. The van der Waals surface area contributed by atoms with Crippen LogP contribution in [0.5, 0.6) is 0 Å². The Hall–Kier alpha value is -1.40. The van der Waals surface area contributed by atoms with Gasteiger partial charge in [-0.1, -0.05) is 392 Å². The zero-order valence-electron chi connectivity index (χ0n) is 54.6. The molecule has 0 aromatic heterocycles. The van der Waals surface area contributed by atoms with Gasteiger partial charge in [0.1, 0.15) is 0 Å². The Kier molecular flexibility index (Phi) is 68.9. The number of amides is 1. The normalized spacial score (nSPS) is 12.5. The van der Waals surface area contributed by atoms with Crippen LogP contribution in [0.4, 0.5) is 0 Å². The summed E-state index contributed by atoms with van der Waals surface area (Å²) in [5, 5.41) is 23.1. The number of esters is 1. The minimum Gasteiger partial charge on any atom is -0.466 e. The molecule has 0 fully saturated rings. The Morgan fingerprint density at radius 3 is 0.850 bits per heavy atom.